The number of anilines is 3. The summed E-state index contributed by atoms with van der Waals surface area (Å²) < 4.78 is 0. The van der Waals surface area contributed by atoms with Crippen molar-refractivity contribution in [1.29, 1.82) is 0 Å². The molecule has 2 amide bonds. The van der Waals surface area contributed by atoms with E-state index in [1.807, 2.05) is 12.1 Å². The molecule has 1 aromatic heterocycles. The molecule has 2 heterocycles. The minimum Gasteiger partial charge on any atom is -0.371 e. The molecule has 2 N–H and O–H groups in total. The highest BCUT2D eigenvalue weighted by atomic mass is 16.2. The Labute approximate surface area is 153 Å². The number of nitrogens with one attached hydrogen (secondary N) is 2. The number of amides is 2. The number of benzene rings is 1. The average molecular weight is 352 g/mol. The van der Waals surface area contributed by atoms with Crippen molar-refractivity contribution in [3.8, 4) is 0 Å². The van der Waals surface area contributed by atoms with Crippen molar-refractivity contribution in [2.45, 2.75) is 26.7 Å². The first kappa shape index (κ1) is 17.9. The number of carbonyl (C=O) groups is 2. The number of hydrogen-bond donors (Lipinski definition) is 2. The van der Waals surface area contributed by atoms with Crippen molar-refractivity contribution in [3.63, 3.8) is 0 Å². The van der Waals surface area contributed by atoms with Gasteiger partial charge >= 0.3 is 0 Å². The first-order chi connectivity index (χ1) is 12.5. The van der Waals surface area contributed by atoms with Crippen molar-refractivity contribution in [2.24, 2.45) is 5.92 Å². The molecule has 136 valence electrons. The third kappa shape index (κ3) is 4.59. The maximum Gasteiger partial charge on any atom is 0.274 e. The van der Waals surface area contributed by atoms with E-state index in [-0.39, 0.29) is 11.8 Å². The Morgan fingerprint density at radius 1 is 1.15 bits per heavy atom. The van der Waals surface area contributed by atoms with Crippen LogP contribution in [0.25, 0.3) is 0 Å². The summed E-state index contributed by atoms with van der Waals surface area (Å²) in [7, 11) is 0. The van der Waals surface area contributed by atoms with Gasteiger partial charge in [-0.3, -0.25) is 14.6 Å². The lowest BCUT2D eigenvalue weighted by molar-refractivity contribution is -0.114. The third-order valence-corrected chi connectivity index (χ3v) is 4.44. The van der Waals surface area contributed by atoms with Crippen LogP contribution >= 0.6 is 0 Å². The quantitative estimate of drug-likeness (QED) is 0.883. The van der Waals surface area contributed by atoms with Crippen LogP contribution in [0.3, 0.4) is 0 Å². The molecule has 1 fully saturated rings. The molecule has 0 saturated carbocycles. The molecule has 2 aromatic rings. The summed E-state index contributed by atoms with van der Waals surface area (Å²) in [6.07, 6.45) is 4.10. The van der Waals surface area contributed by atoms with Crippen LogP contribution in [0.5, 0.6) is 0 Å². The second-order valence-corrected chi connectivity index (χ2v) is 6.81. The highest BCUT2D eigenvalue weighted by Gasteiger charge is 2.18. The minimum atomic E-state index is -0.267. The zero-order chi connectivity index (χ0) is 18.5. The van der Waals surface area contributed by atoms with Crippen molar-refractivity contribution < 1.29 is 9.59 Å². The summed E-state index contributed by atoms with van der Waals surface area (Å²) in [5.74, 6) is 0.237. The summed E-state index contributed by atoms with van der Waals surface area (Å²) in [5, 5.41) is 5.54. The van der Waals surface area contributed by atoms with Crippen molar-refractivity contribution in [1.82, 2.24) is 4.98 Å². The van der Waals surface area contributed by atoms with E-state index in [0.29, 0.717) is 23.0 Å². The topological polar surface area (TPSA) is 74.3 Å². The Bertz CT molecular complexity index is 806. The van der Waals surface area contributed by atoms with E-state index in [9.17, 15) is 9.59 Å². The fourth-order valence-corrected chi connectivity index (χ4v) is 3.24. The summed E-state index contributed by atoms with van der Waals surface area (Å²) in [6.45, 7) is 5.71. The number of nitrogens with zero attached hydrogens (tertiary/aromatic N) is 2. The van der Waals surface area contributed by atoms with E-state index < -0.39 is 0 Å². The Morgan fingerprint density at radius 3 is 2.65 bits per heavy atom. The molecular weight excluding hydrogens is 328 g/mol. The van der Waals surface area contributed by atoms with E-state index in [2.05, 4.69) is 27.4 Å². The van der Waals surface area contributed by atoms with Gasteiger partial charge in [-0.1, -0.05) is 13.0 Å². The molecule has 26 heavy (non-hydrogen) atoms. The Morgan fingerprint density at radius 2 is 1.92 bits per heavy atom. The van der Waals surface area contributed by atoms with Crippen molar-refractivity contribution >= 4 is 28.9 Å². The fourth-order valence-electron chi connectivity index (χ4n) is 3.24. The highest BCUT2D eigenvalue weighted by Crippen LogP contribution is 2.23. The zero-order valence-electron chi connectivity index (χ0n) is 15.2. The summed E-state index contributed by atoms with van der Waals surface area (Å²) in [4.78, 5) is 30.3. The van der Waals surface area contributed by atoms with E-state index in [1.165, 1.54) is 19.8 Å². The Balaban J connectivity index is 1.72. The second kappa shape index (κ2) is 7.99. The van der Waals surface area contributed by atoms with E-state index in [1.54, 1.807) is 30.5 Å². The van der Waals surface area contributed by atoms with Gasteiger partial charge in [0.1, 0.15) is 5.69 Å². The molecular formula is C20H24N4O2. The molecule has 1 atom stereocenters. The molecule has 3 rings (SSSR count). The number of hydrogen-bond acceptors (Lipinski definition) is 4. The SMILES string of the molecule is CC(=O)Nc1cccc(NC(=O)c2cc(N3CCCC(C)C3)ccn2)c1. The van der Waals surface area contributed by atoms with Crippen LogP contribution < -0.4 is 15.5 Å². The van der Waals surface area contributed by atoms with Gasteiger partial charge < -0.3 is 15.5 Å². The van der Waals surface area contributed by atoms with Crippen LogP contribution in [-0.2, 0) is 4.79 Å². The standard InChI is InChI=1S/C20H24N4O2/c1-14-5-4-10-24(13-14)18-8-9-21-19(12-18)20(26)23-17-7-3-6-16(11-17)22-15(2)25/h3,6-9,11-12,14H,4-5,10,13H2,1-2H3,(H,22,25)(H,23,26). The van der Waals surface area contributed by atoms with Crippen LogP contribution in [-0.4, -0.2) is 29.9 Å². The number of rotatable bonds is 4. The molecule has 0 bridgehead atoms. The van der Waals surface area contributed by atoms with Crippen LogP contribution in [0.4, 0.5) is 17.1 Å². The van der Waals surface area contributed by atoms with Gasteiger partial charge in [0.05, 0.1) is 0 Å². The van der Waals surface area contributed by atoms with E-state index >= 15 is 0 Å². The first-order valence-corrected chi connectivity index (χ1v) is 8.91. The summed E-state index contributed by atoms with van der Waals surface area (Å²) >= 11 is 0. The summed E-state index contributed by atoms with van der Waals surface area (Å²) in [5.41, 5.74) is 2.66. The van der Waals surface area contributed by atoms with E-state index in [4.69, 9.17) is 0 Å². The van der Waals surface area contributed by atoms with Crippen molar-refractivity contribution in [2.75, 3.05) is 28.6 Å². The smallest absolute Gasteiger partial charge is 0.274 e. The van der Waals surface area contributed by atoms with Crippen molar-refractivity contribution in [3.05, 3.63) is 48.3 Å². The van der Waals surface area contributed by atoms with Gasteiger partial charge in [-0.2, -0.15) is 0 Å². The predicted molar refractivity (Wildman–Crippen MR) is 104 cm³/mol. The lowest BCUT2D eigenvalue weighted by Crippen LogP contribution is -2.34. The predicted octanol–water partition coefficient (Wildman–Crippen LogP) is 3.53. The van der Waals surface area contributed by atoms with Crippen LogP contribution in [0.1, 0.15) is 37.2 Å². The highest BCUT2D eigenvalue weighted by molar-refractivity contribution is 6.03. The first-order valence-electron chi connectivity index (χ1n) is 8.91. The normalized spacial score (nSPS) is 16.8. The van der Waals surface area contributed by atoms with Crippen LogP contribution in [0.15, 0.2) is 42.6 Å². The molecule has 1 unspecified atom stereocenters. The lowest BCUT2D eigenvalue weighted by atomic mass is 10.00. The molecule has 1 saturated heterocycles. The Kier molecular flexibility index (Phi) is 5.51. The summed E-state index contributed by atoms with van der Waals surface area (Å²) in [6, 6.07) is 10.8. The molecule has 6 nitrogen and oxygen atoms in total. The second-order valence-electron chi connectivity index (χ2n) is 6.81. The molecule has 0 aliphatic carbocycles. The molecule has 6 heteroatoms. The number of carbonyl (C=O) groups excluding carboxylic acids is 2. The van der Waals surface area contributed by atoms with Gasteiger partial charge in [0.25, 0.3) is 5.91 Å². The minimum absolute atomic E-state index is 0.154. The maximum atomic E-state index is 12.6. The Hall–Kier alpha value is -2.89. The number of aromatic nitrogens is 1. The molecule has 0 radical (unpaired) electrons. The molecule has 1 aliphatic heterocycles. The molecule has 1 aromatic carbocycles. The van der Waals surface area contributed by atoms with Crippen LogP contribution in [0.2, 0.25) is 0 Å². The van der Waals surface area contributed by atoms with Gasteiger partial charge in [0, 0.05) is 43.3 Å². The fraction of sp³-hybridized carbons (Fsp3) is 0.350. The maximum absolute atomic E-state index is 12.6. The van der Waals surface area contributed by atoms with Crippen LogP contribution in [0, 0.1) is 5.92 Å². The van der Waals surface area contributed by atoms with Gasteiger partial charge in [0.15, 0.2) is 0 Å². The average Bonchev–Trinajstić information content (AvgIpc) is 2.61. The van der Waals surface area contributed by atoms with Gasteiger partial charge in [-0.15, -0.1) is 0 Å². The van der Waals surface area contributed by atoms with E-state index in [0.717, 1.165) is 18.8 Å². The van der Waals surface area contributed by atoms with Gasteiger partial charge in [0.2, 0.25) is 5.91 Å². The van der Waals surface area contributed by atoms with Gasteiger partial charge in [-0.05, 0) is 49.1 Å². The molecule has 0 spiro atoms. The zero-order valence-corrected chi connectivity index (χ0v) is 15.2. The monoisotopic (exact) mass is 352 g/mol. The lowest BCUT2D eigenvalue weighted by Gasteiger charge is -2.32. The number of piperidine rings is 1. The molecule has 1 aliphatic rings. The van der Waals surface area contributed by atoms with Gasteiger partial charge in [-0.25, -0.2) is 0 Å². The number of pyridine rings is 1. The largest absolute Gasteiger partial charge is 0.371 e. The third-order valence-electron chi connectivity index (χ3n) is 4.44.